The molecular formula is C32H40Cl4N6O3. The number of likely N-dealkylation sites (tertiary alicyclic amines) is 2. The van der Waals surface area contributed by atoms with Crippen molar-refractivity contribution < 1.29 is 14.6 Å². The van der Waals surface area contributed by atoms with Gasteiger partial charge in [0.2, 0.25) is 11.8 Å². The summed E-state index contributed by atoms with van der Waals surface area (Å²) in [5.74, 6) is 1.20. The van der Waals surface area contributed by atoms with Gasteiger partial charge in [-0.2, -0.15) is 0 Å². The van der Waals surface area contributed by atoms with Gasteiger partial charge in [-0.05, 0) is 94.5 Å². The third-order valence-corrected chi connectivity index (χ3v) is 9.44. The largest absolute Gasteiger partial charge is 0.481 e. The predicted molar refractivity (Wildman–Crippen MR) is 183 cm³/mol. The van der Waals surface area contributed by atoms with Crippen LogP contribution in [0.15, 0.2) is 42.7 Å². The average Bonchev–Trinajstić information content (AvgIpc) is 3.32. The molecule has 9 nitrogen and oxygen atoms in total. The monoisotopic (exact) mass is 696 g/mol. The number of ether oxygens (including phenoxy) is 1. The average molecular weight is 699 g/mol. The summed E-state index contributed by atoms with van der Waals surface area (Å²) in [6.45, 7) is 6.62. The van der Waals surface area contributed by atoms with E-state index in [0.717, 1.165) is 75.6 Å². The number of carbonyl (C=O) groups is 1. The second-order valence-corrected chi connectivity index (χ2v) is 13.4. The van der Waals surface area contributed by atoms with Crippen molar-refractivity contribution in [1.29, 1.82) is 0 Å². The lowest BCUT2D eigenvalue weighted by molar-refractivity contribution is -0.138. The first-order chi connectivity index (χ1) is 20.7. The van der Waals surface area contributed by atoms with Crippen molar-refractivity contribution in [2.45, 2.75) is 45.1 Å². The van der Waals surface area contributed by atoms with Gasteiger partial charge in [-0.15, -0.1) is 24.8 Å². The lowest BCUT2D eigenvalue weighted by Crippen LogP contribution is -2.45. The summed E-state index contributed by atoms with van der Waals surface area (Å²) >= 11 is 12.6. The number of aromatic nitrogens is 3. The molecule has 3 aliphatic heterocycles. The van der Waals surface area contributed by atoms with E-state index in [1.54, 1.807) is 18.5 Å². The molecule has 1 atom stereocenters. The number of piperidine rings is 2. The second kappa shape index (κ2) is 15.5. The molecule has 3 aliphatic rings. The fraction of sp³-hybridized carbons (Fsp3) is 0.500. The second-order valence-electron chi connectivity index (χ2n) is 12.5. The van der Waals surface area contributed by atoms with Crippen molar-refractivity contribution in [3.8, 4) is 22.9 Å². The Morgan fingerprint density at radius 2 is 1.69 bits per heavy atom. The van der Waals surface area contributed by atoms with E-state index in [1.165, 1.54) is 12.8 Å². The summed E-state index contributed by atoms with van der Waals surface area (Å²) in [4.78, 5) is 32.4. The van der Waals surface area contributed by atoms with E-state index >= 15 is 0 Å². The molecule has 0 bridgehead atoms. The molecule has 1 spiro atoms. The minimum atomic E-state index is -0.724. The molecule has 1 N–H and O–H groups in total. The minimum absolute atomic E-state index is 0. The maximum atomic E-state index is 11.1. The van der Waals surface area contributed by atoms with Crippen LogP contribution in [0.5, 0.6) is 11.6 Å². The highest BCUT2D eigenvalue weighted by Gasteiger charge is 2.40. The van der Waals surface area contributed by atoms with Crippen LogP contribution in [0.25, 0.3) is 11.3 Å². The van der Waals surface area contributed by atoms with Crippen molar-refractivity contribution in [1.82, 2.24) is 24.8 Å². The van der Waals surface area contributed by atoms with Crippen LogP contribution in [-0.2, 0) is 11.3 Å². The number of hydrogen-bond acceptors (Lipinski definition) is 8. The SMILES string of the molecule is CN1CC[C@]2(CCCN(c3ncc(Oc4cc(CN5CCC(CC(=O)O)CC5)cc(-c5cc(Cl)cc(Cl)c5)n4)cn3)C2)C1.Cl.Cl. The number of aliphatic carboxylic acids is 1. The van der Waals surface area contributed by atoms with E-state index in [1.807, 2.05) is 24.3 Å². The van der Waals surface area contributed by atoms with Crippen molar-refractivity contribution in [3.63, 3.8) is 0 Å². The van der Waals surface area contributed by atoms with Gasteiger partial charge in [-0.1, -0.05) is 23.2 Å². The molecule has 244 valence electrons. The molecule has 0 unspecified atom stereocenters. The zero-order chi connectivity index (χ0) is 30.0. The number of pyridine rings is 1. The first kappa shape index (κ1) is 35.5. The molecule has 0 amide bonds. The Morgan fingerprint density at radius 3 is 2.33 bits per heavy atom. The highest BCUT2D eigenvalue weighted by atomic mass is 35.5. The first-order valence-electron chi connectivity index (χ1n) is 15.1. The van der Waals surface area contributed by atoms with Crippen molar-refractivity contribution >= 4 is 59.9 Å². The van der Waals surface area contributed by atoms with E-state index in [0.29, 0.717) is 39.3 Å². The van der Waals surface area contributed by atoms with Crippen LogP contribution in [0.4, 0.5) is 5.95 Å². The summed E-state index contributed by atoms with van der Waals surface area (Å²) < 4.78 is 6.23. The third kappa shape index (κ3) is 9.11. The first-order valence-corrected chi connectivity index (χ1v) is 15.8. The Morgan fingerprint density at radius 1 is 0.978 bits per heavy atom. The fourth-order valence-electron chi connectivity index (χ4n) is 6.92. The molecule has 0 radical (unpaired) electrons. The van der Waals surface area contributed by atoms with Gasteiger partial charge < -0.3 is 19.6 Å². The molecule has 3 aromatic rings. The summed E-state index contributed by atoms with van der Waals surface area (Å²) in [6, 6.07) is 9.35. The van der Waals surface area contributed by atoms with Crippen LogP contribution in [0, 0.1) is 11.3 Å². The molecule has 5 heterocycles. The van der Waals surface area contributed by atoms with Gasteiger partial charge in [-0.25, -0.2) is 15.0 Å². The summed E-state index contributed by atoms with van der Waals surface area (Å²) in [5.41, 5.74) is 2.87. The number of rotatable bonds is 8. The number of halogens is 4. The maximum absolute atomic E-state index is 11.1. The van der Waals surface area contributed by atoms with Crippen LogP contribution in [-0.4, -0.2) is 82.1 Å². The number of carboxylic acid groups (broad SMARTS) is 1. The van der Waals surface area contributed by atoms with Gasteiger partial charge in [0, 0.05) is 59.7 Å². The van der Waals surface area contributed by atoms with Crippen molar-refractivity contribution in [3.05, 3.63) is 58.3 Å². The lowest BCUT2D eigenvalue weighted by atomic mass is 9.79. The number of nitrogens with zero attached hydrogens (tertiary/aromatic N) is 6. The molecule has 1 aromatic carbocycles. The van der Waals surface area contributed by atoms with Gasteiger partial charge >= 0.3 is 5.97 Å². The van der Waals surface area contributed by atoms with E-state index in [2.05, 4.69) is 31.7 Å². The van der Waals surface area contributed by atoms with Gasteiger partial charge in [-0.3, -0.25) is 9.69 Å². The van der Waals surface area contributed by atoms with Crippen LogP contribution in [0.2, 0.25) is 10.0 Å². The van der Waals surface area contributed by atoms with Crippen LogP contribution >= 0.6 is 48.0 Å². The van der Waals surface area contributed by atoms with E-state index < -0.39 is 5.97 Å². The normalized spacial score (nSPS) is 20.9. The Labute approximate surface area is 287 Å². The Balaban J connectivity index is 0.00000230. The summed E-state index contributed by atoms with van der Waals surface area (Å²) in [5, 5.41) is 10.2. The molecule has 0 aliphatic carbocycles. The molecule has 13 heteroatoms. The maximum Gasteiger partial charge on any atom is 0.303 e. The molecule has 3 fully saturated rings. The Kier molecular flexibility index (Phi) is 12.2. The van der Waals surface area contributed by atoms with E-state index in [-0.39, 0.29) is 37.2 Å². The smallest absolute Gasteiger partial charge is 0.303 e. The van der Waals surface area contributed by atoms with Crippen molar-refractivity contribution in [2.75, 3.05) is 51.2 Å². The Hall–Kier alpha value is -2.40. The molecule has 3 saturated heterocycles. The minimum Gasteiger partial charge on any atom is -0.481 e. The lowest BCUT2D eigenvalue weighted by Gasteiger charge is -2.40. The number of carboxylic acids is 1. The summed E-state index contributed by atoms with van der Waals surface area (Å²) in [7, 11) is 2.20. The number of hydrogen-bond donors (Lipinski definition) is 1. The highest BCUT2D eigenvalue weighted by molar-refractivity contribution is 6.35. The highest BCUT2D eigenvalue weighted by Crippen LogP contribution is 2.39. The zero-order valence-electron chi connectivity index (χ0n) is 25.3. The van der Waals surface area contributed by atoms with Gasteiger partial charge in [0.1, 0.15) is 0 Å². The zero-order valence-corrected chi connectivity index (χ0v) is 28.5. The molecule has 0 saturated carbocycles. The van der Waals surface area contributed by atoms with E-state index in [9.17, 15) is 4.79 Å². The van der Waals surface area contributed by atoms with Crippen LogP contribution < -0.4 is 9.64 Å². The van der Waals surface area contributed by atoms with E-state index in [4.69, 9.17) is 38.0 Å². The predicted octanol–water partition coefficient (Wildman–Crippen LogP) is 7.09. The van der Waals surface area contributed by atoms with Gasteiger partial charge in [0.15, 0.2) is 5.75 Å². The third-order valence-electron chi connectivity index (χ3n) is 9.01. The standard InChI is InChI=1S/C32H38Cl2N6O3.2ClH/c1-38-10-6-32(20-38)5-2-7-40(21-32)31-35-17-27(18-36-31)43-29-12-23(19-39-8-3-22(4-9-39)13-30(41)42)11-28(37-29)24-14-25(33)16-26(34)15-24;;/h11-12,14-18,22H,2-10,13,19-21H2,1H3,(H,41,42);2*1H/t32-;;/m1../s1. The van der Waals surface area contributed by atoms with Gasteiger partial charge in [0.25, 0.3) is 0 Å². The van der Waals surface area contributed by atoms with Gasteiger partial charge in [0.05, 0.1) is 18.1 Å². The number of anilines is 1. The molecular weight excluding hydrogens is 658 g/mol. The van der Waals surface area contributed by atoms with Crippen molar-refractivity contribution in [2.24, 2.45) is 11.3 Å². The van der Waals surface area contributed by atoms with Crippen LogP contribution in [0.3, 0.4) is 0 Å². The topological polar surface area (TPSA) is 94.9 Å². The Bertz CT molecular complexity index is 1430. The molecule has 2 aromatic heterocycles. The molecule has 45 heavy (non-hydrogen) atoms. The quantitative estimate of drug-likeness (QED) is 0.265. The number of benzene rings is 1. The van der Waals surface area contributed by atoms with Crippen LogP contribution in [0.1, 0.15) is 44.1 Å². The fourth-order valence-corrected chi connectivity index (χ4v) is 7.45. The molecule has 6 rings (SSSR count). The summed E-state index contributed by atoms with van der Waals surface area (Å²) in [6.07, 6.45) is 9.06.